The molecule has 4 aromatic rings. The van der Waals surface area contributed by atoms with Crippen molar-refractivity contribution in [1.29, 1.82) is 0 Å². The number of hydrogen-bond acceptors (Lipinski definition) is 2. The molecule has 0 saturated carbocycles. The molecule has 0 atom stereocenters. The van der Waals surface area contributed by atoms with Crippen LogP contribution in [0.2, 0.25) is 19.1 Å². The zero-order valence-electron chi connectivity index (χ0n) is 19.0. The average molecular weight is 432 g/mol. The van der Waals surface area contributed by atoms with Crippen LogP contribution in [-0.4, -0.2) is 27.4 Å². The molecule has 0 spiro atoms. The van der Waals surface area contributed by atoms with Gasteiger partial charge in [0.2, 0.25) is 5.91 Å². The lowest BCUT2D eigenvalue weighted by Gasteiger charge is -2.21. The van der Waals surface area contributed by atoms with Gasteiger partial charge in [0, 0.05) is 19.6 Å². The highest BCUT2D eigenvalue weighted by atomic mass is 28.4. The van der Waals surface area contributed by atoms with Crippen LogP contribution in [0.3, 0.4) is 0 Å². The van der Waals surface area contributed by atoms with Crippen molar-refractivity contribution in [3.8, 4) is 0 Å². The fraction of sp³-hybridized carbons (Fsp3) is 0.370. The Labute approximate surface area is 186 Å². The standard InChI is InChI=1S/C27H33NO2Si/c1-4-30-31(2,3)19-7-18-28-25(29)11-6-8-20-12-13-23-15-14-21-9-5-10-22-16-17-24(20)27(23)26(21)22/h5,9-10,12-17H,4,6-8,11,18-19H2,1-3H3,(H,28,29). The molecule has 0 heterocycles. The van der Waals surface area contributed by atoms with Crippen molar-refractivity contribution in [1.82, 2.24) is 5.32 Å². The van der Waals surface area contributed by atoms with E-state index in [0.29, 0.717) is 6.42 Å². The first-order chi connectivity index (χ1) is 15.0. The van der Waals surface area contributed by atoms with Gasteiger partial charge in [-0.15, -0.1) is 0 Å². The second kappa shape index (κ2) is 9.37. The lowest BCUT2D eigenvalue weighted by molar-refractivity contribution is -0.121. The van der Waals surface area contributed by atoms with E-state index in [9.17, 15) is 4.79 Å². The molecule has 0 fully saturated rings. The fourth-order valence-electron chi connectivity index (χ4n) is 4.75. The van der Waals surface area contributed by atoms with Crippen molar-refractivity contribution in [2.24, 2.45) is 0 Å². The third-order valence-electron chi connectivity index (χ3n) is 6.28. The highest BCUT2D eigenvalue weighted by Gasteiger charge is 2.20. The maximum atomic E-state index is 12.3. The first kappa shape index (κ1) is 21.8. The van der Waals surface area contributed by atoms with Crippen LogP contribution < -0.4 is 5.32 Å². The Balaban J connectivity index is 1.36. The molecule has 1 N–H and O–H groups in total. The average Bonchev–Trinajstić information content (AvgIpc) is 2.76. The molecule has 0 aromatic heterocycles. The smallest absolute Gasteiger partial charge is 0.220 e. The van der Waals surface area contributed by atoms with Crippen molar-refractivity contribution in [3.63, 3.8) is 0 Å². The predicted octanol–water partition coefficient (Wildman–Crippen LogP) is 6.65. The van der Waals surface area contributed by atoms with Gasteiger partial charge in [0.25, 0.3) is 0 Å². The molecule has 31 heavy (non-hydrogen) atoms. The van der Waals surface area contributed by atoms with Crippen molar-refractivity contribution in [3.05, 3.63) is 60.2 Å². The minimum Gasteiger partial charge on any atom is -0.418 e. The highest BCUT2D eigenvalue weighted by Crippen LogP contribution is 2.36. The monoisotopic (exact) mass is 431 g/mol. The number of rotatable bonds is 10. The van der Waals surface area contributed by atoms with Gasteiger partial charge in [-0.05, 0) is 83.2 Å². The largest absolute Gasteiger partial charge is 0.418 e. The molecule has 0 saturated heterocycles. The Bertz CT molecular complexity index is 1170. The minimum atomic E-state index is -1.55. The van der Waals surface area contributed by atoms with E-state index in [-0.39, 0.29) is 5.91 Å². The third kappa shape index (κ3) is 4.91. The summed E-state index contributed by atoms with van der Waals surface area (Å²) < 4.78 is 5.85. The Morgan fingerprint density at radius 2 is 1.58 bits per heavy atom. The van der Waals surface area contributed by atoms with E-state index in [1.165, 1.54) is 37.9 Å². The maximum absolute atomic E-state index is 12.3. The molecule has 0 aliphatic rings. The van der Waals surface area contributed by atoms with Crippen molar-refractivity contribution in [2.75, 3.05) is 13.2 Å². The van der Waals surface area contributed by atoms with Crippen molar-refractivity contribution >= 4 is 46.5 Å². The van der Waals surface area contributed by atoms with Gasteiger partial charge in [-0.3, -0.25) is 4.79 Å². The molecule has 3 nitrogen and oxygen atoms in total. The van der Waals surface area contributed by atoms with Gasteiger partial charge >= 0.3 is 0 Å². The van der Waals surface area contributed by atoms with Gasteiger partial charge < -0.3 is 9.74 Å². The third-order valence-corrected chi connectivity index (χ3v) is 8.91. The van der Waals surface area contributed by atoms with Crippen LogP contribution in [0.5, 0.6) is 0 Å². The normalized spacial score (nSPS) is 12.2. The van der Waals surface area contributed by atoms with E-state index >= 15 is 0 Å². The molecule has 0 aliphatic heterocycles. The second-order valence-electron chi connectivity index (χ2n) is 9.08. The molecule has 0 unspecified atom stereocenters. The Hall–Kier alpha value is -2.43. The zero-order chi connectivity index (χ0) is 21.8. The first-order valence-electron chi connectivity index (χ1n) is 11.5. The van der Waals surface area contributed by atoms with Gasteiger partial charge in [0.05, 0.1) is 0 Å². The second-order valence-corrected chi connectivity index (χ2v) is 13.4. The number of benzene rings is 4. The summed E-state index contributed by atoms with van der Waals surface area (Å²) in [4.78, 5) is 12.3. The number of amides is 1. The molecular weight excluding hydrogens is 398 g/mol. The van der Waals surface area contributed by atoms with E-state index in [1.807, 2.05) is 0 Å². The first-order valence-corrected chi connectivity index (χ1v) is 14.7. The molecule has 0 bridgehead atoms. The minimum absolute atomic E-state index is 0.161. The summed E-state index contributed by atoms with van der Waals surface area (Å²) in [5.41, 5.74) is 1.34. The SMILES string of the molecule is CCO[Si](C)(C)CCCNC(=O)CCCc1ccc2ccc3cccc4ccc1c2c34. The van der Waals surface area contributed by atoms with Crippen LogP contribution in [0, 0.1) is 0 Å². The summed E-state index contributed by atoms with van der Waals surface area (Å²) in [6.07, 6.45) is 3.37. The van der Waals surface area contributed by atoms with Gasteiger partial charge in [0.15, 0.2) is 8.32 Å². The van der Waals surface area contributed by atoms with E-state index in [2.05, 4.69) is 79.9 Å². The van der Waals surface area contributed by atoms with Crippen LogP contribution in [0.25, 0.3) is 32.3 Å². The van der Waals surface area contributed by atoms with Crippen LogP contribution in [0.1, 0.15) is 31.7 Å². The van der Waals surface area contributed by atoms with E-state index in [4.69, 9.17) is 4.43 Å². The van der Waals surface area contributed by atoms with Crippen LogP contribution >= 0.6 is 0 Å². The summed E-state index contributed by atoms with van der Waals surface area (Å²) in [6, 6.07) is 21.0. The highest BCUT2D eigenvalue weighted by molar-refractivity contribution is 6.71. The van der Waals surface area contributed by atoms with Gasteiger partial charge in [0.1, 0.15) is 0 Å². The summed E-state index contributed by atoms with van der Waals surface area (Å²) in [5, 5.41) is 11.0. The zero-order valence-corrected chi connectivity index (χ0v) is 20.0. The number of hydrogen-bond donors (Lipinski definition) is 1. The van der Waals surface area contributed by atoms with Gasteiger partial charge in [-0.25, -0.2) is 0 Å². The molecular formula is C27H33NO2Si. The molecule has 4 heteroatoms. The van der Waals surface area contributed by atoms with E-state index < -0.39 is 8.32 Å². The maximum Gasteiger partial charge on any atom is 0.220 e. The lowest BCUT2D eigenvalue weighted by atomic mass is 9.90. The number of aryl methyl sites for hydroxylation is 1. The van der Waals surface area contributed by atoms with Crippen molar-refractivity contribution < 1.29 is 9.22 Å². The number of nitrogens with one attached hydrogen (secondary N) is 1. The molecule has 4 aromatic carbocycles. The molecule has 1 amide bonds. The number of carbonyl (C=O) groups excluding carboxylic acids is 1. The predicted molar refractivity (Wildman–Crippen MR) is 135 cm³/mol. The quantitative estimate of drug-likeness (QED) is 0.173. The summed E-state index contributed by atoms with van der Waals surface area (Å²) >= 11 is 0. The number of carbonyl (C=O) groups is 1. The van der Waals surface area contributed by atoms with Gasteiger partial charge in [-0.1, -0.05) is 54.6 Å². The molecule has 0 aliphatic carbocycles. The Kier molecular flexibility index (Phi) is 6.59. The lowest BCUT2D eigenvalue weighted by Crippen LogP contribution is -2.32. The van der Waals surface area contributed by atoms with E-state index in [1.54, 1.807) is 0 Å². The summed E-state index contributed by atoms with van der Waals surface area (Å²) in [7, 11) is -1.55. The Morgan fingerprint density at radius 1 is 0.903 bits per heavy atom. The van der Waals surface area contributed by atoms with Crippen molar-refractivity contribution in [2.45, 2.75) is 51.7 Å². The topological polar surface area (TPSA) is 38.3 Å². The summed E-state index contributed by atoms with van der Waals surface area (Å²) in [6.45, 7) is 8.08. The van der Waals surface area contributed by atoms with Gasteiger partial charge in [-0.2, -0.15) is 0 Å². The molecule has 4 rings (SSSR count). The Morgan fingerprint density at radius 3 is 2.32 bits per heavy atom. The molecule has 0 radical (unpaired) electrons. The van der Waals surface area contributed by atoms with Crippen LogP contribution in [0.15, 0.2) is 54.6 Å². The molecule has 162 valence electrons. The van der Waals surface area contributed by atoms with Crippen LogP contribution in [-0.2, 0) is 15.6 Å². The van der Waals surface area contributed by atoms with Crippen LogP contribution in [0.4, 0.5) is 0 Å². The van der Waals surface area contributed by atoms with E-state index in [0.717, 1.165) is 38.5 Å². The fourth-order valence-corrected chi connectivity index (χ4v) is 6.70. The summed E-state index contributed by atoms with van der Waals surface area (Å²) in [5.74, 6) is 0.161.